The van der Waals surface area contributed by atoms with Gasteiger partial charge in [-0.3, -0.25) is 14.2 Å². The van der Waals surface area contributed by atoms with E-state index in [1.165, 1.54) is 135 Å². The summed E-state index contributed by atoms with van der Waals surface area (Å²) < 4.78 is 33.8. The van der Waals surface area contributed by atoms with Crippen LogP contribution in [0.1, 0.15) is 206 Å². The fraction of sp³-hybridized carbons (Fsp3) is 0.909. The minimum absolute atomic E-state index is 0.0281. The van der Waals surface area contributed by atoms with Crippen LogP contribution in [0.5, 0.6) is 0 Å². The Labute approximate surface area is 333 Å². The number of rotatable bonds is 41. The molecule has 9 nitrogen and oxygen atoms in total. The molecule has 0 saturated heterocycles. The molecule has 54 heavy (non-hydrogen) atoms. The van der Waals surface area contributed by atoms with Crippen LogP contribution < -0.4 is 4.89 Å². The SMILES string of the molecule is CCCCCCCCCC/C=C\CCCCCCCCCCCCCC(=O)OC(COC(=O)CCCCCCCCC)COP(=O)([O-])OCC[N+](C)(C)C. The average Bonchev–Trinajstić information content (AvgIpc) is 3.12. The second kappa shape index (κ2) is 37.3. The molecule has 320 valence electrons. The van der Waals surface area contributed by atoms with Crippen molar-refractivity contribution in [3.05, 3.63) is 12.2 Å². The zero-order valence-corrected chi connectivity index (χ0v) is 36.8. The number of hydrogen-bond donors (Lipinski definition) is 0. The number of likely N-dealkylation sites (N-methyl/N-ethyl adjacent to an activating group) is 1. The van der Waals surface area contributed by atoms with Crippen molar-refractivity contribution in [3.63, 3.8) is 0 Å². The summed E-state index contributed by atoms with van der Waals surface area (Å²) in [6.45, 7) is 4.19. The Hall–Kier alpha value is -1.25. The monoisotopic (exact) mass is 788 g/mol. The summed E-state index contributed by atoms with van der Waals surface area (Å²) in [5.74, 6) is -0.834. The van der Waals surface area contributed by atoms with Gasteiger partial charge in [0.2, 0.25) is 0 Å². The van der Waals surface area contributed by atoms with E-state index in [1.807, 2.05) is 21.1 Å². The largest absolute Gasteiger partial charge is 0.756 e. The van der Waals surface area contributed by atoms with E-state index >= 15 is 0 Å². The molecular weight excluding hydrogens is 701 g/mol. The van der Waals surface area contributed by atoms with Crippen molar-refractivity contribution < 1.29 is 42.1 Å². The second-order valence-corrected chi connectivity index (χ2v) is 17.8. The number of phosphoric ester groups is 1. The third-order valence-electron chi connectivity index (χ3n) is 9.79. The Kier molecular flexibility index (Phi) is 36.5. The Morgan fingerprint density at radius 1 is 0.556 bits per heavy atom. The summed E-state index contributed by atoms with van der Waals surface area (Å²) in [6.07, 6.45) is 38.4. The number of carbonyl (C=O) groups is 2. The highest BCUT2D eigenvalue weighted by Crippen LogP contribution is 2.38. The van der Waals surface area contributed by atoms with Gasteiger partial charge >= 0.3 is 11.9 Å². The summed E-state index contributed by atoms with van der Waals surface area (Å²) in [6, 6.07) is 0. The summed E-state index contributed by atoms with van der Waals surface area (Å²) in [5, 5.41) is 0. The number of esters is 2. The van der Waals surface area contributed by atoms with Gasteiger partial charge in [-0.2, -0.15) is 0 Å². The predicted molar refractivity (Wildman–Crippen MR) is 222 cm³/mol. The zero-order valence-electron chi connectivity index (χ0n) is 35.9. The highest BCUT2D eigenvalue weighted by molar-refractivity contribution is 7.45. The first-order chi connectivity index (χ1) is 26.0. The molecule has 0 heterocycles. The third-order valence-corrected chi connectivity index (χ3v) is 10.7. The number of unbranched alkanes of at least 4 members (excludes halogenated alkanes) is 25. The molecule has 0 N–H and O–H groups in total. The number of carbonyl (C=O) groups excluding carboxylic acids is 2. The van der Waals surface area contributed by atoms with Gasteiger partial charge in [0.1, 0.15) is 19.8 Å². The van der Waals surface area contributed by atoms with Gasteiger partial charge in [-0.1, -0.05) is 167 Å². The van der Waals surface area contributed by atoms with E-state index in [9.17, 15) is 19.0 Å². The topological polar surface area (TPSA) is 111 Å². The number of hydrogen-bond acceptors (Lipinski definition) is 8. The molecule has 2 atom stereocenters. The molecule has 0 spiro atoms. The molecule has 0 fully saturated rings. The quantitative estimate of drug-likeness (QED) is 0.0198. The first kappa shape index (κ1) is 52.8. The van der Waals surface area contributed by atoms with Crippen molar-refractivity contribution in [1.82, 2.24) is 0 Å². The summed E-state index contributed by atoms with van der Waals surface area (Å²) >= 11 is 0. The Morgan fingerprint density at radius 3 is 1.37 bits per heavy atom. The van der Waals surface area contributed by atoms with Crippen molar-refractivity contribution in [1.29, 1.82) is 0 Å². The smallest absolute Gasteiger partial charge is 0.306 e. The van der Waals surface area contributed by atoms with Crippen molar-refractivity contribution in [2.45, 2.75) is 213 Å². The van der Waals surface area contributed by atoms with Crippen LogP contribution in [0.2, 0.25) is 0 Å². The standard InChI is InChI=1S/C44H86NO8P/c1-6-8-10-12-14-15-16-17-18-19-20-21-22-23-24-25-26-27-28-29-31-33-35-37-44(47)53-42(41-52-54(48,49)51-39-38-45(3,4)5)40-50-43(46)36-34-32-30-13-11-9-7-2/h19-20,42H,6-18,21-41H2,1-5H3/b20-19-. The van der Waals surface area contributed by atoms with Gasteiger partial charge in [0.05, 0.1) is 27.7 Å². The summed E-state index contributed by atoms with van der Waals surface area (Å²) in [5.41, 5.74) is 0. The lowest BCUT2D eigenvalue weighted by molar-refractivity contribution is -0.870. The average molecular weight is 788 g/mol. The van der Waals surface area contributed by atoms with Gasteiger partial charge in [0.25, 0.3) is 7.82 Å². The molecule has 0 amide bonds. The van der Waals surface area contributed by atoms with Gasteiger partial charge in [-0.25, -0.2) is 0 Å². The van der Waals surface area contributed by atoms with E-state index in [0.717, 1.165) is 38.5 Å². The Balaban J connectivity index is 4.13. The third kappa shape index (κ3) is 40.4. The molecule has 0 radical (unpaired) electrons. The van der Waals surface area contributed by atoms with E-state index in [0.29, 0.717) is 17.4 Å². The summed E-state index contributed by atoms with van der Waals surface area (Å²) in [7, 11) is 1.17. The van der Waals surface area contributed by atoms with Crippen LogP contribution in [0.25, 0.3) is 0 Å². The van der Waals surface area contributed by atoms with Crippen LogP contribution in [0.3, 0.4) is 0 Å². The predicted octanol–water partition coefficient (Wildman–Crippen LogP) is 11.9. The highest BCUT2D eigenvalue weighted by Gasteiger charge is 2.21. The number of nitrogens with zero attached hydrogens (tertiary/aromatic N) is 1. The Morgan fingerprint density at radius 2 is 0.944 bits per heavy atom. The van der Waals surface area contributed by atoms with Crippen LogP contribution in [0.4, 0.5) is 0 Å². The minimum atomic E-state index is -4.61. The van der Waals surface area contributed by atoms with Gasteiger partial charge < -0.3 is 27.9 Å². The molecule has 0 aliphatic carbocycles. The first-order valence-electron chi connectivity index (χ1n) is 22.4. The molecule has 2 unspecified atom stereocenters. The lowest BCUT2D eigenvalue weighted by Crippen LogP contribution is -2.37. The molecule has 0 aromatic heterocycles. The molecule has 10 heteroatoms. The molecule has 0 rings (SSSR count). The van der Waals surface area contributed by atoms with Gasteiger partial charge in [-0.15, -0.1) is 0 Å². The molecular formula is C44H86NO8P. The number of quaternary nitrogens is 1. The number of ether oxygens (including phenoxy) is 2. The van der Waals surface area contributed by atoms with E-state index in [-0.39, 0.29) is 32.0 Å². The van der Waals surface area contributed by atoms with Crippen molar-refractivity contribution >= 4 is 19.8 Å². The molecule has 0 bridgehead atoms. The maximum absolute atomic E-state index is 12.6. The fourth-order valence-corrected chi connectivity index (χ4v) is 6.97. The lowest BCUT2D eigenvalue weighted by Gasteiger charge is -2.28. The van der Waals surface area contributed by atoms with Crippen LogP contribution in [-0.2, 0) is 32.7 Å². The maximum atomic E-state index is 12.6. The summed E-state index contributed by atoms with van der Waals surface area (Å²) in [4.78, 5) is 37.3. The van der Waals surface area contributed by atoms with Crippen molar-refractivity contribution in [3.8, 4) is 0 Å². The lowest BCUT2D eigenvalue weighted by atomic mass is 10.0. The number of phosphoric acid groups is 1. The van der Waals surface area contributed by atoms with Crippen LogP contribution in [0, 0.1) is 0 Å². The van der Waals surface area contributed by atoms with E-state index in [2.05, 4.69) is 26.0 Å². The van der Waals surface area contributed by atoms with E-state index < -0.39 is 26.5 Å². The van der Waals surface area contributed by atoms with Crippen molar-refractivity contribution in [2.75, 3.05) is 47.5 Å². The van der Waals surface area contributed by atoms with Crippen molar-refractivity contribution in [2.24, 2.45) is 0 Å². The van der Waals surface area contributed by atoms with Gasteiger partial charge in [0.15, 0.2) is 6.10 Å². The van der Waals surface area contributed by atoms with Gasteiger partial charge in [0, 0.05) is 12.8 Å². The molecule has 0 aliphatic heterocycles. The van der Waals surface area contributed by atoms with Crippen LogP contribution in [-0.4, -0.2) is 70.0 Å². The maximum Gasteiger partial charge on any atom is 0.306 e. The second-order valence-electron chi connectivity index (χ2n) is 16.4. The fourth-order valence-electron chi connectivity index (χ4n) is 6.24. The normalized spacial score (nSPS) is 13.7. The molecule has 0 saturated carbocycles. The molecule has 0 aromatic rings. The number of allylic oxidation sites excluding steroid dienone is 2. The van der Waals surface area contributed by atoms with Gasteiger partial charge in [-0.05, 0) is 38.5 Å². The highest BCUT2D eigenvalue weighted by atomic mass is 31.2. The Bertz CT molecular complexity index is 938. The van der Waals surface area contributed by atoms with Crippen LogP contribution in [0.15, 0.2) is 12.2 Å². The molecule has 0 aliphatic rings. The molecule has 0 aromatic carbocycles. The zero-order chi connectivity index (χ0) is 40.0. The minimum Gasteiger partial charge on any atom is -0.756 e. The van der Waals surface area contributed by atoms with E-state index in [1.54, 1.807) is 0 Å². The van der Waals surface area contributed by atoms with Crippen LogP contribution >= 0.6 is 7.82 Å². The van der Waals surface area contributed by atoms with E-state index in [4.69, 9.17) is 18.5 Å². The first-order valence-corrected chi connectivity index (χ1v) is 23.9.